The number of hydrogen-bond donors (Lipinski definition) is 2. The molecular formula is C22H35Cl2N3O3. The molecule has 2 heterocycles. The van der Waals surface area contributed by atoms with E-state index in [1.54, 1.807) is 13.2 Å². The molecule has 1 aromatic rings. The van der Waals surface area contributed by atoms with Gasteiger partial charge in [-0.1, -0.05) is 12.8 Å². The van der Waals surface area contributed by atoms with E-state index in [0.717, 1.165) is 51.5 Å². The standard InChI is InChI=1S/C22H33N3O3.2ClH/c1-27-19-6-7-21(20(14-19)22(26)24-16-8-11-23-15-16)28-18-9-12-25(13-10-18)17-4-2-3-5-17;;/h6-7,14,16-18,23H,2-5,8-13,15H2,1H3,(H,24,26);2*1H. The summed E-state index contributed by atoms with van der Waals surface area (Å²) in [6, 6.07) is 6.51. The number of nitrogens with one attached hydrogen (secondary N) is 2. The van der Waals surface area contributed by atoms with Crippen molar-refractivity contribution in [1.82, 2.24) is 15.5 Å². The predicted octanol–water partition coefficient (Wildman–Crippen LogP) is 3.42. The maximum atomic E-state index is 12.9. The van der Waals surface area contributed by atoms with Crippen molar-refractivity contribution >= 4 is 30.7 Å². The molecule has 1 aliphatic carbocycles. The number of carbonyl (C=O) groups is 1. The number of nitrogens with zero attached hydrogens (tertiary/aromatic N) is 1. The topological polar surface area (TPSA) is 62.8 Å². The molecular weight excluding hydrogens is 425 g/mol. The highest BCUT2D eigenvalue weighted by molar-refractivity contribution is 5.97. The molecule has 2 aliphatic heterocycles. The minimum Gasteiger partial charge on any atom is -0.497 e. The van der Waals surface area contributed by atoms with E-state index in [1.807, 2.05) is 12.1 Å². The second-order valence-corrected chi connectivity index (χ2v) is 8.32. The number of ether oxygens (including phenoxy) is 2. The van der Waals surface area contributed by atoms with Crippen LogP contribution in [0.4, 0.5) is 0 Å². The maximum absolute atomic E-state index is 12.9. The summed E-state index contributed by atoms with van der Waals surface area (Å²) in [6.45, 7) is 3.97. The molecule has 3 aliphatic rings. The third kappa shape index (κ3) is 6.16. The lowest BCUT2D eigenvalue weighted by atomic mass is 10.0. The van der Waals surface area contributed by atoms with Gasteiger partial charge in [-0.2, -0.15) is 0 Å². The van der Waals surface area contributed by atoms with Gasteiger partial charge in [0.15, 0.2) is 0 Å². The number of likely N-dealkylation sites (tertiary alicyclic amines) is 1. The predicted molar refractivity (Wildman–Crippen MR) is 124 cm³/mol. The van der Waals surface area contributed by atoms with E-state index in [4.69, 9.17) is 9.47 Å². The summed E-state index contributed by atoms with van der Waals surface area (Å²) in [7, 11) is 1.62. The van der Waals surface area contributed by atoms with Crippen LogP contribution in [0.15, 0.2) is 18.2 Å². The smallest absolute Gasteiger partial charge is 0.255 e. The Labute approximate surface area is 192 Å². The van der Waals surface area contributed by atoms with Gasteiger partial charge in [0.1, 0.15) is 17.6 Å². The highest BCUT2D eigenvalue weighted by Gasteiger charge is 2.29. The highest BCUT2D eigenvalue weighted by Crippen LogP contribution is 2.30. The fourth-order valence-corrected chi connectivity index (χ4v) is 4.77. The maximum Gasteiger partial charge on any atom is 0.255 e. The molecule has 0 radical (unpaired) electrons. The summed E-state index contributed by atoms with van der Waals surface area (Å²) in [4.78, 5) is 15.5. The molecule has 0 bridgehead atoms. The van der Waals surface area contributed by atoms with Gasteiger partial charge in [-0.15, -0.1) is 24.8 Å². The molecule has 3 fully saturated rings. The van der Waals surface area contributed by atoms with Crippen LogP contribution in [0, 0.1) is 0 Å². The van der Waals surface area contributed by atoms with Crippen LogP contribution >= 0.6 is 24.8 Å². The number of halogens is 2. The Bertz CT molecular complexity index is 672. The van der Waals surface area contributed by atoms with E-state index >= 15 is 0 Å². The summed E-state index contributed by atoms with van der Waals surface area (Å²) < 4.78 is 11.7. The molecule has 1 aromatic carbocycles. The molecule has 2 N–H and O–H groups in total. The Morgan fingerprint density at radius 3 is 2.47 bits per heavy atom. The van der Waals surface area contributed by atoms with Crippen molar-refractivity contribution in [2.45, 2.75) is 63.1 Å². The van der Waals surface area contributed by atoms with Crippen molar-refractivity contribution in [3.8, 4) is 11.5 Å². The van der Waals surface area contributed by atoms with E-state index in [-0.39, 0.29) is 42.9 Å². The third-order valence-electron chi connectivity index (χ3n) is 6.44. The van der Waals surface area contributed by atoms with Gasteiger partial charge in [-0.25, -0.2) is 0 Å². The summed E-state index contributed by atoms with van der Waals surface area (Å²) >= 11 is 0. The largest absolute Gasteiger partial charge is 0.497 e. The van der Waals surface area contributed by atoms with Gasteiger partial charge < -0.3 is 25.0 Å². The lowest BCUT2D eigenvalue weighted by molar-refractivity contribution is 0.0748. The van der Waals surface area contributed by atoms with E-state index in [2.05, 4.69) is 15.5 Å². The monoisotopic (exact) mass is 459 g/mol. The second kappa shape index (κ2) is 12.0. The van der Waals surface area contributed by atoms with Crippen LogP contribution in [0.2, 0.25) is 0 Å². The molecule has 4 rings (SSSR count). The Morgan fingerprint density at radius 2 is 1.83 bits per heavy atom. The number of piperidine rings is 1. The summed E-state index contributed by atoms with van der Waals surface area (Å²) in [6.07, 6.45) is 8.64. The number of carbonyl (C=O) groups excluding carboxylic acids is 1. The quantitative estimate of drug-likeness (QED) is 0.682. The minimum atomic E-state index is -0.0778. The number of benzene rings is 1. The molecule has 1 atom stereocenters. The average molecular weight is 460 g/mol. The first kappa shape index (κ1) is 25.1. The highest BCUT2D eigenvalue weighted by atomic mass is 35.5. The van der Waals surface area contributed by atoms with Gasteiger partial charge in [0, 0.05) is 31.7 Å². The molecule has 1 saturated carbocycles. The van der Waals surface area contributed by atoms with Crippen LogP contribution in [-0.2, 0) is 0 Å². The lowest BCUT2D eigenvalue weighted by Crippen LogP contribution is -2.43. The summed E-state index contributed by atoms with van der Waals surface area (Å²) in [5.74, 6) is 1.27. The SMILES string of the molecule is COc1ccc(OC2CCN(C3CCCC3)CC2)c(C(=O)NC2CCNC2)c1.Cl.Cl. The van der Waals surface area contributed by atoms with Gasteiger partial charge >= 0.3 is 0 Å². The van der Waals surface area contributed by atoms with Crippen LogP contribution in [0.1, 0.15) is 55.3 Å². The van der Waals surface area contributed by atoms with Crippen LogP contribution in [-0.4, -0.2) is 62.3 Å². The first-order chi connectivity index (χ1) is 13.7. The molecule has 6 nitrogen and oxygen atoms in total. The van der Waals surface area contributed by atoms with Crippen LogP contribution in [0.25, 0.3) is 0 Å². The molecule has 2 saturated heterocycles. The van der Waals surface area contributed by atoms with Gasteiger partial charge in [-0.3, -0.25) is 4.79 Å². The first-order valence-corrected chi connectivity index (χ1v) is 10.8. The zero-order chi connectivity index (χ0) is 19.3. The number of hydrogen-bond acceptors (Lipinski definition) is 5. The molecule has 8 heteroatoms. The fraction of sp³-hybridized carbons (Fsp3) is 0.682. The molecule has 170 valence electrons. The van der Waals surface area contributed by atoms with Gasteiger partial charge in [0.2, 0.25) is 0 Å². The Hall–Kier alpha value is -1.21. The zero-order valence-electron chi connectivity index (χ0n) is 17.7. The van der Waals surface area contributed by atoms with Crippen LogP contribution in [0.5, 0.6) is 11.5 Å². The van der Waals surface area contributed by atoms with E-state index in [0.29, 0.717) is 17.1 Å². The first-order valence-electron chi connectivity index (χ1n) is 10.8. The minimum absolute atomic E-state index is 0. The average Bonchev–Trinajstić information content (AvgIpc) is 3.43. The van der Waals surface area contributed by atoms with Crippen molar-refractivity contribution in [2.75, 3.05) is 33.3 Å². The summed E-state index contributed by atoms with van der Waals surface area (Å²) in [5, 5.41) is 6.41. The number of amides is 1. The second-order valence-electron chi connectivity index (χ2n) is 8.32. The van der Waals surface area contributed by atoms with Crippen molar-refractivity contribution in [2.24, 2.45) is 0 Å². The van der Waals surface area contributed by atoms with Crippen LogP contribution in [0.3, 0.4) is 0 Å². The number of methoxy groups -OCH3 is 1. The molecule has 30 heavy (non-hydrogen) atoms. The normalized spacial score (nSPS) is 22.8. The van der Waals surface area contributed by atoms with Gasteiger partial charge in [0.05, 0.1) is 12.7 Å². The van der Waals surface area contributed by atoms with Gasteiger partial charge in [0.25, 0.3) is 5.91 Å². The Balaban J connectivity index is 0.00000160. The lowest BCUT2D eigenvalue weighted by Gasteiger charge is -2.36. The summed E-state index contributed by atoms with van der Waals surface area (Å²) in [5.41, 5.74) is 0.574. The van der Waals surface area contributed by atoms with E-state index in [1.165, 1.54) is 25.7 Å². The Morgan fingerprint density at radius 1 is 1.10 bits per heavy atom. The molecule has 0 aromatic heterocycles. The van der Waals surface area contributed by atoms with Crippen molar-refractivity contribution in [3.63, 3.8) is 0 Å². The molecule has 1 unspecified atom stereocenters. The van der Waals surface area contributed by atoms with Crippen molar-refractivity contribution in [3.05, 3.63) is 23.8 Å². The molecule has 0 spiro atoms. The third-order valence-corrected chi connectivity index (χ3v) is 6.44. The zero-order valence-corrected chi connectivity index (χ0v) is 19.4. The van der Waals surface area contributed by atoms with E-state index < -0.39 is 0 Å². The number of rotatable bonds is 6. The van der Waals surface area contributed by atoms with Gasteiger partial charge in [-0.05, 0) is 56.8 Å². The molecule has 1 amide bonds. The Kier molecular flexibility index (Phi) is 10.0. The fourth-order valence-electron chi connectivity index (χ4n) is 4.77. The van der Waals surface area contributed by atoms with E-state index in [9.17, 15) is 4.79 Å². The van der Waals surface area contributed by atoms with Crippen molar-refractivity contribution in [1.29, 1.82) is 0 Å². The van der Waals surface area contributed by atoms with Crippen molar-refractivity contribution < 1.29 is 14.3 Å². The van der Waals surface area contributed by atoms with Crippen LogP contribution < -0.4 is 20.1 Å².